The second-order valence-electron chi connectivity index (χ2n) is 5.01. The summed E-state index contributed by atoms with van der Waals surface area (Å²) in [6.07, 6.45) is 1.80. The van der Waals surface area contributed by atoms with Gasteiger partial charge in [-0.05, 0) is 44.9 Å². The molecule has 0 bridgehead atoms. The third-order valence-corrected chi connectivity index (χ3v) is 3.51. The van der Waals surface area contributed by atoms with E-state index in [1.54, 1.807) is 6.92 Å². The maximum atomic E-state index is 14.1. The number of nitrogens with zero attached hydrogens (tertiary/aromatic N) is 1. The smallest absolute Gasteiger partial charge is 0.152 e. The summed E-state index contributed by atoms with van der Waals surface area (Å²) in [6, 6.07) is 3.24. The third kappa shape index (κ3) is 2.80. The molecule has 4 heteroatoms. The first kappa shape index (κ1) is 13.3. The quantitative estimate of drug-likeness (QED) is 0.829. The van der Waals surface area contributed by atoms with Gasteiger partial charge in [0.2, 0.25) is 0 Å². The minimum absolute atomic E-state index is 0.143. The van der Waals surface area contributed by atoms with Gasteiger partial charge in [-0.15, -0.1) is 0 Å². The number of aryl methyl sites for hydroxylation is 1. The van der Waals surface area contributed by atoms with Crippen molar-refractivity contribution < 1.29 is 8.78 Å². The predicted molar refractivity (Wildman–Crippen MR) is 70.0 cm³/mol. The minimum Gasteiger partial charge on any atom is -0.367 e. The van der Waals surface area contributed by atoms with Gasteiger partial charge in [0.15, 0.2) is 5.82 Å². The van der Waals surface area contributed by atoms with Gasteiger partial charge in [-0.25, -0.2) is 8.78 Å². The maximum Gasteiger partial charge on any atom is 0.152 e. The van der Waals surface area contributed by atoms with Crippen LogP contribution in [0.15, 0.2) is 12.1 Å². The molecule has 2 rings (SSSR count). The molecule has 1 unspecified atom stereocenters. The number of benzene rings is 1. The lowest BCUT2D eigenvalue weighted by Gasteiger charge is -2.30. The van der Waals surface area contributed by atoms with Crippen molar-refractivity contribution in [3.8, 4) is 0 Å². The Morgan fingerprint density at radius 3 is 2.83 bits per heavy atom. The Hall–Kier alpha value is -1.16. The molecule has 2 nitrogen and oxygen atoms in total. The largest absolute Gasteiger partial charge is 0.367 e. The zero-order valence-corrected chi connectivity index (χ0v) is 11.0. The molecule has 0 radical (unpaired) electrons. The minimum atomic E-state index is -0.459. The summed E-state index contributed by atoms with van der Waals surface area (Å²) in [6.45, 7) is 6.05. The van der Waals surface area contributed by atoms with E-state index in [0.717, 1.165) is 19.4 Å². The molecule has 1 heterocycles. The van der Waals surface area contributed by atoms with Crippen LogP contribution < -0.4 is 10.2 Å². The topological polar surface area (TPSA) is 15.3 Å². The van der Waals surface area contributed by atoms with Gasteiger partial charge in [0.1, 0.15) is 11.5 Å². The molecule has 100 valence electrons. The van der Waals surface area contributed by atoms with Gasteiger partial charge in [-0.2, -0.15) is 0 Å². The molecular formula is C14H20F2N2. The van der Waals surface area contributed by atoms with Gasteiger partial charge in [0.05, 0.1) is 0 Å². The molecule has 0 amide bonds. The lowest BCUT2D eigenvalue weighted by atomic mass is 10.1. The van der Waals surface area contributed by atoms with Crippen molar-refractivity contribution in [3.63, 3.8) is 0 Å². The highest BCUT2D eigenvalue weighted by Gasteiger charge is 2.20. The Labute approximate surface area is 107 Å². The molecule has 0 spiro atoms. The van der Waals surface area contributed by atoms with E-state index >= 15 is 0 Å². The Balaban J connectivity index is 2.26. The van der Waals surface area contributed by atoms with Crippen molar-refractivity contribution >= 4 is 5.69 Å². The molecule has 1 saturated heterocycles. The first-order valence-electron chi connectivity index (χ1n) is 6.52. The van der Waals surface area contributed by atoms with Crippen LogP contribution >= 0.6 is 0 Å². The van der Waals surface area contributed by atoms with E-state index in [9.17, 15) is 8.78 Å². The van der Waals surface area contributed by atoms with Crippen LogP contribution in [0.25, 0.3) is 0 Å². The van der Waals surface area contributed by atoms with E-state index in [1.807, 2.05) is 4.90 Å². The van der Waals surface area contributed by atoms with Crippen LogP contribution in [0.5, 0.6) is 0 Å². The summed E-state index contributed by atoms with van der Waals surface area (Å²) in [5.74, 6) is -0.879. The van der Waals surface area contributed by atoms with E-state index in [0.29, 0.717) is 24.7 Å². The molecule has 1 aliphatic rings. The van der Waals surface area contributed by atoms with Crippen LogP contribution in [0, 0.1) is 18.6 Å². The van der Waals surface area contributed by atoms with E-state index in [2.05, 4.69) is 12.2 Å². The summed E-state index contributed by atoms with van der Waals surface area (Å²) >= 11 is 0. The van der Waals surface area contributed by atoms with Gasteiger partial charge >= 0.3 is 0 Å². The highest BCUT2D eigenvalue weighted by molar-refractivity contribution is 5.51. The second-order valence-corrected chi connectivity index (χ2v) is 5.01. The van der Waals surface area contributed by atoms with Crippen LogP contribution in [0.1, 0.15) is 25.3 Å². The lowest BCUT2D eigenvalue weighted by Crippen LogP contribution is -2.39. The predicted octanol–water partition coefficient (Wildman–Crippen LogP) is 2.85. The SMILES string of the molecule is Cc1ccc(F)c(N2CCCNC(C)CC2)c1F. The van der Waals surface area contributed by atoms with Gasteiger partial charge in [0.25, 0.3) is 0 Å². The van der Waals surface area contributed by atoms with Crippen molar-refractivity contribution in [1.29, 1.82) is 0 Å². The monoisotopic (exact) mass is 254 g/mol. The average Bonchev–Trinajstić information content (AvgIpc) is 2.32. The van der Waals surface area contributed by atoms with E-state index < -0.39 is 11.6 Å². The fourth-order valence-corrected chi connectivity index (χ4v) is 2.34. The maximum absolute atomic E-state index is 14.1. The van der Waals surface area contributed by atoms with E-state index in [-0.39, 0.29) is 5.69 Å². The first-order valence-corrected chi connectivity index (χ1v) is 6.52. The fraction of sp³-hybridized carbons (Fsp3) is 0.571. The standard InChI is InChI=1S/C14H20F2N2/c1-10-4-5-12(15)14(13(10)16)18-8-3-7-17-11(2)6-9-18/h4-5,11,17H,3,6-9H2,1-2H3. The molecule has 1 fully saturated rings. The van der Waals surface area contributed by atoms with Gasteiger partial charge in [-0.3, -0.25) is 0 Å². The fourth-order valence-electron chi connectivity index (χ4n) is 2.34. The van der Waals surface area contributed by atoms with Crippen LogP contribution in [-0.2, 0) is 0 Å². The van der Waals surface area contributed by atoms with Gasteiger partial charge in [-0.1, -0.05) is 6.07 Å². The average molecular weight is 254 g/mol. The number of anilines is 1. The zero-order valence-electron chi connectivity index (χ0n) is 11.0. The highest BCUT2D eigenvalue weighted by atomic mass is 19.1. The molecule has 0 aromatic heterocycles. The highest BCUT2D eigenvalue weighted by Crippen LogP contribution is 2.26. The number of rotatable bonds is 1. The Kier molecular flexibility index (Phi) is 4.17. The van der Waals surface area contributed by atoms with Crippen molar-refractivity contribution in [2.75, 3.05) is 24.5 Å². The molecule has 1 aromatic carbocycles. The van der Waals surface area contributed by atoms with Crippen molar-refractivity contribution in [2.24, 2.45) is 0 Å². The Bertz CT molecular complexity index is 421. The van der Waals surface area contributed by atoms with Crippen molar-refractivity contribution in [2.45, 2.75) is 32.7 Å². The zero-order chi connectivity index (χ0) is 13.1. The Morgan fingerprint density at radius 1 is 1.28 bits per heavy atom. The number of halogens is 2. The number of nitrogens with one attached hydrogen (secondary N) is 1. The summed E-state index contributed by atoms with van der Waals surface area (Å²) in [5.41, 5.74) is 0.642. The molecular weight excluding hydrogens is 234 g/mol. The van der Waals surface area contributed by atoms with Crippen LogP contribution in [0.4, 0.5) is 14.5 Å². The number of hydrogen-bond donors (Lipinski definition) is 1. The summed E-state index contributed by atoms with van der Waals surface area (Å²) in [4.78, 5) is 1.84. The first-order chi connectivity index (χ1) is 8.59. The third-order valence-electron chi connectivity index (χ3n) is 3.51. The summed E-state index contributed by atoms with van der Waals surface area (Å²) in [7, 11) is 0. The van der Waals surface area contributed by atoms with Crippen molar-refractivity contribution in [1.82, 2.24) is 5.32 Å². The molecule has 1 atom stereocenters. The molecule has 0 saturated carbocycles. The van der Waals surface area contributed by atoms with Gasteiger partial charge < -0.3 is 10.2 Å². The molecule has 18 heavy (non-hydrogen) atoms. The number of hydrogen-bond acceptors (Lipinski definition) is 2. The molecule has 1 aromatic rings. The summed E-state index contributed by atoms with van der Waals surface area (Å²) < 4.78 is 27.9. The molecule has 1 N–H and O–H groups in total. The second kappa shape index (κ2) is 5.65. The molecule has 1 aliphatic heterocycles. The Morgan fingerprint density at radius 2 is 2.06 bits per heavy atom. The van der Waals surface area contributed by atoms with Gasteiger partial charge in [0, 0.05) is 19.1 Å². The normalized spacial score (nSPS) is 21.6. The van der Waals surface area contributed by atoms with Crippen molar-refractivity contribution in [3.05, 3.63) is 29.3 Å². The van der Waals surface area contributed by atoms with Crippen LogP contribution in [0.3, 0.4) is 0 Å². The summed E-state index contributed by atoms with van der Waals surface area (Å²) in [5, 5.41) is 3.38. The molecule has 0 aliphatic carbocycles. The van der Waals surface area contributed by atoms with Crippen LogP contribution in [-0.4, -0.2) is 25.7 Å². The lowest BCUT2D eigenvalue weighted by molar-refractivity contribution is 0.466. The van der Waals surface area contributed by atoms with Crippen LogP contribution in [0.2, 0.25) is 0 Å². The van der Waals surface area contributed by atoms with E-state index in [1.165, 1.54) is 12.1 Å². The van der Waals surface area contributed by atoms with E-state index in [4.69, 9.17) is 0 Å².